The molecular formula is C15H19FN2O3. The molecule has 3 N–H and O–H groups in total. The molecule has 0 aliphatic carbocycles. The van der Waals surface area contributed by atoms with Crippen LogP contribution >= 0.6 is 0 Å². The maximum atomic E-state index is 13.2. The number of hydrogen-bond acceptors (Lipinski definition) is 3. The zero-order valence-corrected chi connectivity index (χ0v) is 11.9. The lowest BCUT2D eigenvalue weighted by atomic mass is 9.89. The second-order valence-corrected chi connectivity index (χ2v) is 5.31. The second kappa shape index (κ2) is 6.67. The van der Waals surface area contributed by atoms with Gasteiger partial charge >= 0.3 is 0 Å². The number of amides is 2. The van der Waals surface area contributed by atoms with E-state index in [2.05, 4.69) is 10.6 Å². The van der Waals surface area contributed by atoms with Crippen molar-refractivity contribution in [1.29, 1.82) is 0 Å². The molecule has 1 aromatic rings. The fourth-order valence-corrected chi connectivity index (χ4v) is 2.48. The summed E-state index contributed by atoms with van der Waals surface area (Å²) in [7, 11) is 0. The van der Waals surface area contributed by atoms with E-state index in [1.54, 1.807) is 0 Å². The first kappa shape index (κ1) is 15.4. The van der Waals surface area contributed by atoms with Gasteiger partial charge in [-0.1, -0.05) is 6.07 Å². The fraction of sp³-hybridized carbons (Fsp3) is 0.467. The number of aliphatic hydroxyl groups excluding tert-OH is 1. The summed E-state index contributed by atoms with van der Waals surface area (Å²) < 4.78 is 13.2. The van der Waals surface area contributed by atoms with Crippen LogP contribution in [-0.4, -0.2) is 29.6 Å². The SMILES string of the molecule is CC(CCCO)NC(=O)C1CC(=O)Nc2cc(F)ccc21. The van der Waals surface area contributed by atoms with Crippen LogP contribution in [0.2, 0.25) is 0 Å². The van der Waals surface area contributed by atoms with Crippen LogP contribution < -0.4 is 10.6 Å². The molecule has 6 heteroatoms. The van der Waals surface area contributed by atoms with Crippen LogP contribution in [0.3, 0.4) is 0 Å². The molecule has 0 fully saturated rings. The van der Waals surface area contributed by atoms with E-state index < -0.39 is 11.7 Å². The number of carbonyl (C=O) groups excluding carboxylic acids is 2. The van der Waals surface area contributed by atoms with Gasteiger partial charge in [-0.3, -0.25) is 9.59 Å². The average molecular weight is 294 g/mol. The summed E-state index contributed by atoms with van der Waals surface area (Å²) in [5.74, 6) is -1.60. The molecule has 21 heavy (non-hydrogen) atoms. The predicted octanol–water partition coefficient (Wildman–Crippen LogP) is 1.53. The molecule has 1 aliphatic rings. The maximum Gasteiger partial charge on any atom is 0.228 e. The first-order valence-corrected chi connectivity index (χ1v) is 7.01. The largest absolute Gasteiger partial charge is 0.396 e. The normalized spacial score (nSPS) is 18.6. The molecular weight excluding hydrogens is 275 g/mol. The number of anilines is 1. The van der Waals surface area contributed by atoms with Crippen LogP contribution in [0, 0.1) is 5.82 Å². The van der Waals surface area contributed by atoms with Gasteiger partial charge in [0.2, 0.25) is 11.8 Å². The Labute approximate surface area is 122 Å². The molecule has 0 saturated heterocycles. The molecule has 2 atom stereocenters. The van der Waals surface area contributed by atoms with Crippen LogP contribution in [0.25, 0.3) is 0 Å². The minimum absolute atomic E-state index is 0.0528. The Morgan fingerprint density at radius 1 is 1.57 bits per heavy atom. The monoisotopic (exact) mass is 294 g/mol. The van der Waals surface area contributed by atoms with Crippen molar-refractivity contribution in [2.45, 2.75) is 38.1 Å². The standard InChI is InChI=1S/C15H19FN2O3/c1-9(3-2-6-19)17-15(21)12-8-14(20)18-13-7-10(16)4-5-11(12)13/h4-5,7,9,12,19H,2-3,6,8H2,1H3,(H,17,21)(H,18,20). The van der Waals surface area contributed by atoms with Gasteiger partial charge in [0.25, 0.3) is 0 Å². The van der Waals surface area contributed by atoms with Crippen molar-refractivity contribution < 1.29 is 19.1 Å². The third-order valence-electron chi connectivity index (χ3n) is 3.55. The van der Waals surface area contributed by atoms with Crippen molar-refractivity contribution >= 4 is 17.5 Å². The van der Waals surface area contributed by atoms with Crippen molar-refractivity contribution in [3.63, 3.8) is 0 Å². The lowest BCUT2D eigenvalue weighted by Crippen LogP contribution is -2.39. The zero-order valence-electron chi connectivity index (χ0n) is 11.9. The number of carbonyl (C=O) groups is 2. The molecule has 5 nitrogen and oxygen atoms in total. The number of nitrogens with one attached hydrogen (secondary N) is 2. The Hall–Kier alpha value is -1.95. The fourth-order valence-electron chi connectivity index (χ4n) is 2.48. The molecule has 0 spiro atoms. The predicted molar refractivity (Wildman–Crippen MR) is 76.3 cm³/mol. The summed E-state index contributed by atoms with van der Waals surface area (Å²) in [6, 6.07) is 3.96. The van der Waals surface area contributed by atoms with Crippen LogP contribution in [0.4, 0.5) is 10.1 Å². The molecule has 1 aliphatic heterocycles. The highest BCUT2D eigenvalue weighted by Gasteiger charge is 2.31. The Morgan fingerprint density at radius 2 is 2.33 bits per heavy atom. The van der Waals surface area contributed by atoms with Crippen LogP contribution in [0.1, 0.15) is 37.7 Å². The number of halogens is 1. The molecule has 0 bridgehead atoms. The Bertz CT molecular complexity index is 548. The maximum absolute atomic E-state index is 13.2. The van der Waals surface area contributed by atoms with E-state index in [-0.39, 0.29) is 30.9 Å². The zero-order chi connectivity index (χ0) is 15.4. The van der Waals surface area contributed by atoms with Crippen LogP contribution in [0.5, 0.6) is 0 Å². The molecule has 0 saturated carbocycles. The van der Waals surface area contributed by atoms with Gasteiger partial charge in [-0.05, 0) is 37.5 Å². The summed E-state index contributed by atoms with van der Waals surface area (Å²) in [5, 5.41) is 14.2. The van der Waals surface area contributed by atoms with E-state index in [0.29, 0.717) is 24.1 Å². The van der Waals surface area contributed by atoms with E-state index >= 15 is 0 Å². The highest BCUT2D eigenvalue weighted by molar-refractivity contribution is 6.01. The minimum atomic E-state index is -0.606. The molecule has 2 unspecified atom stereocenters. The highest BCUT2D eigenvalue weighted by atomic mass is 19.1. The second-order valence-electron chi connectivity index (χ2n) is 5.31. The molecule has 114 valence electrons. The van der Waals surface area contributed by atoms with Gasteiger partial charge in [0.1, 0.15) is 5.82 Å². The van der Waals surface area contributed by atoms with Crippen molar-refractivity contribution in [2.24, 2.45) is 0 Å². The van der Waals surface area contributed by atoms with E-state index in [4.69, 9.17) is 5.11 Å². The number of rotatable bonds is 5. The van der Waals surface area contributed by atoms with Gasteiger partial charge in [0.05, 0.1) is 5.92 Å². The lowest BCUT2D eigenvalue weighted by molar-refractivity contribution is -0.126. The number of hydrogen-bond donors (Lipinski definition) is 3. The van der Waals surface area contributed by atoms with E-state index in [9.17, 15) is 14.0 Å². The highest BCUT2D eigenvalue weighted by Crippen LogP contribution is 2.32. The van der Waals surface area contributed by atoms with Gasteiger partial charge in [-0.25, -0.2) is 4.39 Å². The van der Waals surface area contributed by atoms with Gasteiger partial charge in [0.15, 0.2) is 0 Å². The summed E-state index contributed by atoms with van der Waals surface area (Å²) in [6.07, 6.45) is 1.32. The molecule has 2 amide bonds. The summed E-state index contributed by atoms with van der Waals surface area (Å²) in [6.45, 7) is 1.93. The molecule has 0 aromatic heterocycles. The number of benzene rings is 1. The van der Waals surface area contributed by atoms with Gasteiger partial charge < -0.3 is 15.7 Å². The number of aliphatic hydroxyl groups is 1. The molecule has 1 heterocycles. The van der Waals surface area contributed by atoms with Crippen LogP contribution in [-0.2, 0) is 9.59 Å². The van der Waals surface area contributed by atoms with E-state index in [0.717, 1.165) is 0 Å². The summed E-state index contributed by atoms with van der Waals surface area (Å²) in [5.41, 5.74) is 0.984. The first-order valence-electron chi connectivity index (χ1n) is 7.01. The Kier molecular flexibility index (Phi) is 4.90. The third-order valence-corrected chi connectivity index (χ3v) is 3.55. The smallest absolute Gasteiger partial charge is 0.228 e. The van der Waals surface area contributed by atoms with Crippen molar-refractivity contribution in [3.05, 3.63) is 29.6 Å². The number of fused-ring (bicyclic) bond motifs is 1. The molecule has 1 aromatic carbocycles. The Balaban J connectivity index is 2.13. The van der Waals surface area contributed by atoms with Crippen LogP contribution in [0.15, 0.2) is 18.2 Å². The van der Waals surface area contributed by atoms with Crippen molar-refractivity contribution in [3.8, 4) is 0 Å². The quantitative estimate of drug-likeness (QED) is 0.770. The lowest BCUT2D eigenvalue weighted by Gasteiger charge is -2.26. The molecule has 0 radical (unpaired) electrons. The van der Waals surface area contributed by atoms with Crippen molar-refractivity contribution in [2.75, 3.05) is 11.9 Å². The molecule has 2 rings (SSSR count). The van der Waals surface area contributed by atoms with Gasteiger partial charge in [0, 0.05) is 24.8 Å². The average Bonchev–Trinajstić information content (AvgIpc) is 2.43. The van der Waals surface area contributed by atoms with E-state index in [1.165, 1.54) is 18.2 Å². The summed E-state index contributed by atoms with van der Waals surface area (Å²) in [4.78, 5) is 24.0. The third kappa shape index (κ3) is 3.78. The van der Waals surface area contributed by atoms with Gasteiger partial charge in [-0.15, -0.1) is 0 Å². The van der Waals surface area contributed by atoms with Gasteiger partial charge in [-0.2, -0.15) is 0 Å². The summed E-state index contributed by atoms with van der Waals surface area (Å²) >= 11 is 0. The topological polar surface area (TPSA) is 78.4 Å². The van der Waals surface area contributed by atoms with E-state index in [1.807, 2.05) is 6.92 Å². The van der Waals surface area contributed by atoms with Crippen molar-refractivity contribution in [1.82, 2.24) is 5.32 Å². The Morgan fingerprint density at radius 3 is 3.05 bits per heavy atom. The minimum Gasteiger partial charge on any atom is -0.396 e. The first-order chi connectivity index (χ1) is 10.0.